The normalized spacial score (nSPS) is 11.7. The molecule has 9 heteroatoms. The van der Waals surface area contributed by atoms with Crippen molar-refractivity contribution in [2.75, 3.05) is 6.54 Å². The lowest BCUT2D eigenvalue weighted by Crippen LogP contribution is -2.26. The molecule has 2 N–H and O–H groups in total. The molecule has 0 aliphatic heterocycles. The smallest absolute Gasteiger partial charge is 0.243 e. The van der Waals surface area contributed by atoms with E-state index in [1.165, 1.54) is 12.3 Å². The van der Waals surface area contributed by atoms with Gasteiger partial charge in [-0.2, -0.15) is 0 Å². The van der Waals surface area contributed by atoms with Crippen LogP contribution in [0.2, 0.25) is 5.15 Å². The summed E-state index contributed by atoms with van der Waals surface area (Å²) in [7, 11) is -3.68. The fourth-order valence-corrected chi connectivity index (χ4v) is 3.39. The van der Waals surface area contributed by atoms with Crippen LogP contribution in [-0.4, -0.2) is 29.9 Å². The predicted octanol–water partition coefficient (Wildman–Crippen LogP) is 1.74. The van der Waals surface area contributed by atoms with E-state index in [1.807, 2.05) is 0 Å². The van der Waals surface area contributed by atoms with Crippen LogP contribution >= 0.6 is 27.5 Å². The van der Waals surface area contributed by atoms with Gasteiger partial charge in [0.25, 0.3) is 0 Å². The molecule has 0 radical (unpaired) electrons. The number of hydrogen-bond acceptors (Lipinski definition) is 4. The van der Waals surface area contributed by atoms with E-state index < -0.39 is 10.0 Å². The van der Waals surface area contributed by atoms with Gasteiger partial charge in [-0.15, -0.1) is 0 Å². The van der Waals surface area contributed by atoms with Crippen LogP contribution < -0.4 is 4.72 Å². The molecule has 0 unspecified atom stereocenters. The quantitative estimate of drug-likeness (QED) is 0.790. The largest absolute Gasteiger partial charge is 0.348 e. The third-order valence-corrected chi connectivity index (χ3v) is 4.63. The SMILES string of the molecule is O=S(=O)(NCCc1cnc[nH]1)c1cc(Br)cnc1Cl. The zero-order valence-electron chi connectivity index (χ0n) is 9.60. The van der Waals surface area contributed by atoms with E-state index in [2.05, 4.69) is 35.6 Å². The van der Waals surface area contributed by atoms with Crippen LogP contribution in [0.4, 0.5) is 0 Å². The summed E-state index contributed by atoms with van der Waals surface area (Å²) in [4.78, 5) is 10.5. The molecule has 2 aromatic heterocycles. The molecule has 2 aromatic rings. The van der Waals surface area contributed by atoms with E-state index in [9.17, 15) is 8.42 Å². The number of sulfonamides is 1. The molecule has 0 aromatic carbocycles. The van der Waals surface area contributed by atoms with Crippen molar-refractivity contribution in [3.8, 4) is 0 Å². The second-order valence-electron chi connectivity index (χ2n) is 3.67. The minimum absolute atomic E-state index is 0.0480. The number of H-pyrrole nitrogens is 1. The third kappa shape index (κ3) is 3.75. The number of nitrogens with zero attached hydrogens (tertiary/aromatic N) is 2. The second-order valence-corrected chi connectivity index (χ2v) is 6.68. The minimum atomic E-state index is -3.68. The average Bonchev–Trinajstić information content (AvgIpc) is 2.85. The highest BCUT2D eigenvalue weighted by Crippen LogP contribution is 2.22. The maximum Gasteiger partial charge on any atom is 0.243 e. The standard InChI is InChI=1S/C10H10BrClN4O2S/c11-7-3-9(10(12)14-4-7)19(17,18)16-2-1-8-5-13-6-15-8/h3-6,16H,1-2H2,(H,13,15). The van der Waals surface area contributed by atoms with Gasteiger partial charge in [-0.1, -0.05) is 11.6 Å². The molecule has 102 valence electrons. The number of imidazole rings is 1. The summed E-state index contributed by atoms with van der Waals surface area (Å²) < 4.78 is 27.1. The maximum absolute atomic E-state index is 12.1. The zero-order valence-corrected chi connectivity index (χ0v) is 12.8. The van der Waals surface area contributed by atoms with Crippen molar-refractivity contribution in [3.63, 3.8) is 0 Å². The fourth-order valence-electron chi connectivity index (χ4n) is 1.41. The summed E-state index contributed by atoms with van der Waals surface area (Å²) >= 11 is 8.95. The Hall–Kier alpha value is -0.960. The van der Waals surface area contributed by atoms with E-state index >= 15 is 0 Å². The summed E-state index contributed by atoms with van der Waals surface area (Å²) in [6, 6.07) is 1.41. The summed E-state index contributed by atoms with van der Waals surface area (Å²) in [5, 5.41) is -0.0581. The van der Waals surface area contributed by atoms with Crippen LogP contribution in [0.3, 0.4) is 0 Å². The van der Waals surface area contributed by atoms with Crippen molar-refractivity contribution in [2.24, 2.45) is 0 Å². The number of aromatic nitrogens is 3. The molecule has 0 saturated heterocycles. The Morgan fingerprint density at radius 1 is 1.42 bits per heavy atom. The Morgan fingerprint density at radius 2 is 2.21 bits per heavy atom. The number of halogens is 2. The minimum Gasteiger partial charge on any atom is -0.348 e. The molecule has 0 aliphatic carbocycles. The monoisotopic (exact) mass is 364 g/mol. The molecule has 0 spiro atoms. The molecule has 2 heterocycles. The van der Waals surface area contributed by atoms with Gasteiger partial charge in [0.2, 0.25) is 10.0 Å². The van der Waals surface area contributed by atoms with Crippen molar-refractivity contribution in [1.82, 2.24) is 19.7 Å². The maximum atomic E-state index is 12.1. The van der Waals surface area contributed by atoms with Crippen LogP contribution in [0.25, 0.3) is 0 Å². The Morgan fingerprint density at radius 3 is 2.89 bits per heavy atom. The summed E-state index contributed by atoms with van der Waals surface area (Å²) in [6.45, 7) is 0.243. The first kappa shape index (κ1) is 14.4. The topological polar surface area (TPSA) is 87.7 Å². The fraction of sp³-hybridized carbons (Fsp3) is 0.200. The van der Waals surface area contributed by atoms with Crippen LogP contribution in [-0.2, 0) is 16.4 Å². The van der Waals surface area contributed by atoms with Crippen molar-refractivity contribution in [3.05, 3.63) is 40.1 Å². The molecule has 0 bridgehead atoms. The van der Waals surface area contributed by atoms with E-state index in [-0.39, 0.29) is 16.6 Å². The third-order valence-electron chi connectivity index (χ3n) is 2.30. The van der Waals surface area contributed by atoms with Gasteiger partial charge in [0.05, 0.1) is 6.33 Å². The Bertz CT molecular complexity index is 660. The van der Waals surface area contributed by atoms with Gasteiger partial charge in [0.15, 0.2) is 0 Å². The molecule has 0 saturated carbocycles. The summed E-state index contributed by atoms with van der Waals surface area (Å²) in [6.07, 6.45) is 5.13. The highest BCUT2D eigenvalue weighted by Gasteiger charge is 2.18. The molecule has 2 rings (SSSR count). The predicted molar refractivity (Wildman–Crippen MR) is 74.4 cm³/mol. The van der Waals surface area contributed by atoms with Crippen LogP contribution in [0.15, 0.2) is 34.2 Å². The summed E-state index contributed by atoms with van der Waals surface area (Å²) in [5.74, 6) is 0. The first-order chi connectivity index (χ1) is 8.99. The van der Waals surface area contributed by atoms with Crippen LogP contribution in [0.5, 0.6) is 0 Å². The molecule has 19 heavy (non-hydrogen) atoms. The number of hydrogen-bond donors (Lipinski definition) is 2. The summed E-state index contributed by atoms with van der Waals surface area (Å²) in [5.41, 5.74) is 0.848. The number of pyridine rings is 1. The lowest BCUT2D eigenvalue weighted by atomic mass is 10.3. The van der Waals surface area contributed by atoms with Crippen molar-refractivity contribution in [2.45, 2.75) is 11.3 Å². The van der Waals surface area contributed by atoms with Crippen molar-refractivity contribution >= 4 is 37.6 Å². The Kier molecular flexibility index (Phi) is 4.56. The lowest BCUT2D eigenvalue weighted by Gasteiger charge is -2.07. The second kappa shape index (κ2) is 6.00. The lowest BCUT2D eigenvalue weighted by molar-refractivity contribution is 0.581. The van der Waals surface area contributed by atoms with Gasteiger partial charge in [-0.25, -0.2) is 23.1 Å². The van der Waals surface area contributed by atoms with Gasteiger partial charge >= 0.3 is 0 Å². The number of nitrogens with one attached hydrogen (secondary N) is 2. The molecular formula is C10H10BrClN4O2S. The molecule has 0 fully saturated rings. The Balaban J connectivity index is 2.07. The average molecular weight is 366 g/mol. The number of rotatable bonds is 5. The number of aromatic amines is 1. The van der Waals surface area contributed by atoms with Gasteiger partial charge < -0.3 is 4.98 Å². The Labute approximate surface area is 123 Å². The molecule has 0 aliphatic rings. The highest BCUT2D eigenvalue weighted by atomic mass is 79.9. The molecule has 0 atom stereocenters. The van der Waals surface area contributed by atoms with Gasteiger partial charge in [-0.3, -0.25) is 0 Å². The van der Waals surface area contributed by atoms with E-state index in [0.29, 0.717) is 10.9 Å². The first-order valence-electron chi connectivity index (χ1n) is 5.27. The first-order valence-corrected chi connectivity index (χ1v) is 7.92. The van der Waals surface area contributed by atoms with Crippen LogP contribution in [0, 0.1) is 0 Å². The highest BCUT2D eigenvalue weighted by molar-refractivity contribution is 9.10. The van der Waals surface area contributed by atoms with E-state index in [1.54, 1.807) is 12.5 Å². The van der Waals surface area contributed by atoms with Gasteiger partial charge in [0.1, 0.15) is 10.0 Å². The van der Waals surface area contributed by atoms with Crippen molar-refractivity contribution in [1.29, 1.82) is 0 Å². The van der Waals surface area contributed by atoms with E-state index in [4.69, 9.17) is 11.6 Å². The molecular weight excluding hydrogens is 356 g/mol. The van der Waals surface area contributed by atoms with E-state index in [0.717, 1.165) is 5.69 Å². The van der Waals surface area contributed by atoms with Gasteiger partial charge in [0, 0.05) is 35.5 Å². The molecule has 0 amide bonds. The van der Waals surface area contributed by atoms with Crippen molar-refractivity contribution < 1.29 is 8.42 Å². The molecule has 6 nitrogen and oxygen atoms in total. The zero-order chi connectivity index (χ0) is 13.9. The van der Waals surface area contributed by atoms with Crippen LogP contribution in [0.1, 0.15) is 5.69 Å². The van der Waals surface area contributed by atoms with Gasteiger partial charge in [-0.05, 0) is 22.0 Å².